The Kier molecular flexibility index (Phi) is 7.87. The lowest BCUT2D eigenvalue weighted by molar-refractivity contribution is -0.142. The van der Waals surface area contributed by atoms with E-state index >= 15 is 0 Å². The zero-order valence-corrected chi connectivity index (χ0v) is 16.3. The van der Waals surface area contributed by atoms with E-state index in [-0.39, 0.29) is 18.3 Å². The second-order valence-electron chi connectivity index (χ2n) is 5.54. The van der Waals surface area contributed by atoms with Crippen LogP contribution in [-0.4, -0.2) is 30.1 Å². The van der Waals surface area contributed by atoms with Crippen LogP contribution in [0.1, 0.15) is 31.0 Å². The Hall–Kier alpha value is -2.12. The molecule has 0 aliphatic heterocycles. The summed E-state index contributed by atoms with van der Waals surface area (Å²) in [6, 6.07) is 5.42. The summed E-state index contributed by atoms with van der Waals surface area (Å²) >= 11 is 7.19. The Morgan fingerprint density at radius 3 is 2.88 bits per heavy atom. The monoisotopic (exact) mass is 396 g/mol. The number of halogens is 1. The minimum absolute atomic E-state index is 0.106. The number of nitrogens with zero attached hydrogens (tertiary/aromatic N) is 1. The van der Waals surface area contributed by atoms with Crippen LogP contribution in [-0.2, 0) is 20.7 Å². The maximum atomic E-state index is 12.0. The number of benzene rings is 1. The molecular weight excluding hydrogens is 376 g/mol. The first-order chi connectivity index (χ1) is 12.5. The first-order valence-electron chi connectivity index (χ1n) is 8.26. The van der Waals surface area contributed by atoms with Gasteiger partial charge >= 0.3 is 5.97 Å². The number of thiazole rings is 1. The van der Waals surface area contributed by atoms with Gasteiger partial charge in [-0.3, -0.25) is 9.59 Å². The molecule has 1 heterocycles. The van der Waals surface area contributed by atoms with Gasteiger partial charge in [-0.1, -0.05) is 11.6 Å². The van der Waals surface area contributed by atoms with Crippen LogP contribution in [0.2, 0.25) is 5.02 Å². The van der Waals surface area contributed by atoms with Gasteiger partial charge in [-0.2, -0.15) is 0 Å². The Morgan fingerprint density at radius 2 is 2.15 bits per heavy atom. The summed E-state index contributed by atoms with van der Waals surface area (Å²) in [5.41, 5.74) is 1.55. The van der Waals surface area contributed by atoms with Gasteiger partial charge in [0.25, 0.3) is 0 Å². The molecule has 26 heavy (non-hydrogen) atoms. The first-order valence-corrected chi connectivity index (χ1v) is 9.52. The maximum absolute atomic E-state index is 12.0. The number of hydrogen-bond donors (Lipinski definition) is 1. The van der Waals surface area contributed by atoms with Crippen molar-refractivity contribution in [1.82, 2.24) is 4.98 Å². The van der Waals surface area contributed by atoms with Crippen molar-refractivity contribution in [2.45, 2.75) is 33.1 Å². The number of anilines is 1. The number of ether oxygens (including phenoxy) is 2. The molecule has 1 aromatic carbocycles. The highest BCUT2D eigenvalue weighted by Gasteiger charge is 2.10. The summed E-state index contributed by atoms with van der Waals surface area (Å²) in [6.45, 7) is 4.44. The van der Waals surface area contributed by atoms with Crippen molar-refractivity contribution in [3.63, 3.8) is 0 Å². The molecule has 0 radical (unpaired) electrons. The highest BCUT2D eigenvalue weighted by Crippen LogP contribution is 2.22. The molecule has 0 unspecified atom stereocenters. The predicted molar refractivity (Wildman–Crippen MR) is 102 cm³/mol. The third kappa shape index (κ3) is 6.65. The molecule has 0 atom stereocenters. The summed E-state index contributed by atoms with van der Waals surface area (Å²) in [6.07, 6.45) is 1.00. The molecule has 0 spiro atoms. The van der Waals surface area contributed by atoms with Crippen LogP contribution in [0.5, 0.6) is 5.75 Å². The number of carbonyl (C=O) groups excluding carboxylic acids is 2. The molecule has 140 valence electrons. The smallest absolute Gasteiger partial charge is 0.311 e. The average Bonchev–Trinajstić information content (AvgIpc) is 3.00. The van der Waals surface area contributed by atoms with Gasteiger partial charge in [0.15, 0.2) is 5.13 Å². The van der Waals surface area contributed by atoms with E-state index in [4.69, 9.17) is 21.1 Å². The lowest BCUT2D eigenvalue weighted by atomic mass is 10.2. The summed E-state index contributed by atoms with van der Waals surface area (Å²) in [5, 5.41) is 5.61. The molecule has 1 aromatic heterocycles. The molecule has 0 fully saturated rings. The highest BCUT2D eigenvalue weighted by atomic mass is 35.5. The van der Waals surface area contributed by atoms with Gasteiger partial charge in [0.05, 0.1) is 25.3 Å². The third-order valence-corrected chi connectivity index (χ3v) is 4.41. The minimum Gasteiger partial charge on any atom is -0.493 e. The Balaban J connectivity index is 1.70. The number of aromatic nitrogens is 1. The molecule has 6 nitrogen and oxygen atoms in total. The predicted octanol–water partition coefficient (Wildman–Crippen LogP) is 4.01. The summed E-state index contributed by atoms with van der Waals surface area (Å²) in [7, 11) is 0. The number of amides is 1. The van der Waals surface area contributed by atoms with E-state index in [1.54, 1.807) is 18.4 Å². The molecule has 2 rings (SSSR count). The van der Waals surface area contributed by atoms with Crippen LogP contribution in [0.4, 0.5) is 5.13 Å². The zero-order chi connectivity index (χ0) is 18.9. The summed E-state index contributed by atoms with van der Waals surface area (Å²) < 4.78 is 10.5. The summed E-state index contributed by atoms with van der Waals surface area (Å²) in [5.74, 6) is 0.294. The second kappa shape index (κ2) is 10.1. The average molecular weight is 397 g/mol. The van der Waals surface area contributed by atoms with Gasteiger partial charge in [-0.05, 0) is 44.0 Å². The Bertz CT molecular complexity index is 763. The fourth-order valence-electron chi connectivity index (χ4n) is 2.18. The maximum Gasteiger partial charge on any atom is 0.311 e. The Labute approximate surface area is 161 Å². The molecule has 0 saturated carbocycles. The number of aryl methyl sites for hydroxylation is 1. The van der Waals surface area contributed by atoms with Gasteiger partial charge in [-0.15, -0.1) is 11.3 Å². The number of carbonyl (C=O) groups is 2. The van der Waals surface area contributed by atoms with Crippen LogP contribution in [0.25, 0.3) is 0 Å². The lowest BCUT2D eigenvalue weighted by Gasteiger charge is -2.09. The van der Waals surface area contributed by atoms with Crippen LogP contribution < -0.4 is 10.1 Å². The van der Waals surface area contributed by atoms with E-state index in [2.05, 4.69) is 10.3 Å². The van der Waals surface area contributed by atoms with Crippen molar-refractivity contribution < 1.29 is 19.1 Å². The fraction of sp³-hybridized carbons (Fsp3) is 0.389. The van der Waals surface area contributed by atoms with E-state index in [0.29, 0.717) is 41.9 Å². The van der Waals surface area contributed by atoms with E-state index in [9.17, 15) is 9.59 Å². The molecule has 2 aromatic rings. The van der Waals surface area contributed by atoms with Crippen molar-refractivity contribution in [2.75, 3.05) is 18.5 Å². The normalized spacial score (nSPS) is 10.4. The fourth-order valence-corrected chi connectivity index (χ4v) is 3.13. The molecular formula is C18H21ClN2O4S. The molecule has 0 saturated heterocycles. The van der Waals surface area contributed by atoms with Crippen molar-refractivity contribution in [3.8, 4) is 5.75 Å². The van der Waals surface area contributed by atoms with Crippen LogP contribution in [0.15, 0.2) is 23.6 Å². The number of esters is 1. The van der Waals surface area contributed by atoms with Gasteiger partial charge in [0, 0.05) is 16.8 Å². The number of rotatable bonds is 9. The summed E-state index contributed by atoms with van der Waals surface area (Å²) in [4.78, 5) is 27.6. The highest BCUT2D eigenvalue weighted by molar-refractivity contribution is 7.13. The van der Waals surface area contributed by atoms with E-state index < -0.39 is 0 Å². The van der Waals surface area contributed by atoms with Gasteiger partial charge in [0.2, 0.25) is 5.91 Å². The quantitative estimate of drug-likeness (QED) is 0.512. The standard InChI is InChI=1S/C18H21ClN2O4S/c1-3-24-17(23)10-14-11-26-18(20-14)21-16(22)5-4-8-25-15-7-6-13(19)9-12(15)2/h6-7,9,11H,3-5,8,10H2,1-2H3,(H,20,21,22). The first kappa shape index (κ1) is 20.2. The largest absolute Gasteiger partial charge is 0.493 e. The molecule has 1 amide bonds. The third-order valence-electron chi connectivity index (χ3n) is 3.37. The van der Waals surface area contributed by atoms with Crippen LogP contribution in [0, 0.1) is 6.92 Å². The van der Waals surface area contributed by atoms with Crippen molar-refractivity contribution in [3.05, 3.63) is 39.9 Å². The van der Waals surface area contributed by atoms with Crippen LogP contribution in [0.3, 0.4) is 0 Å². The number of nitrogens with one attached hydrogen (secondary N) is 1. The van der Waals surface area contributed by atoms with E-state index in [1.807, 2.05) is 19.1 Å². The molecule has 8 heteroatoms. The molecule has 0 bridgehead atoms. The topological polar surface area (TPSA) is 77.5 Å². The molecule has 1 N–H and O–H groups in total. The van der Waals surface area contributed by atoms with Crippen LogP contribution >= 0.6 is 22.9 Å². The minimum atomic E-state index is -0.328. The van der Waals surface area contributed by atoms with Crippen molar-refractivity contribution in [1.29, 1.82) is 0 Å². The van der Waals surface area contributed by atoms with E-state index in [1.165, 1.54) is 11.3 Å². The zero-order valence-electron chi connectivity index (χ0n) is 14.7. The van der Waals surface area contributed by atoms with Crippen molar-refractivity contribution >= 4 is 39.9 Å². The number of hydrogen-bond acceptors (Lipinski definition) is 6. The van der Waals surface area contributed by atoms with Crippen molar-refractivity contribution in [2.24, 2.45) is 0 Å². The lowest BCUT2D eigenvalue weighted by Crippen LogP contribution is -2.13. The van der Waals surface area contributed by atoms with Gasteiger partial charge in [-0.25, -0.2) is 4.98 Å². The van der Waals surface area contributed by atoms with Gasteiger partial charge < -0.3 is 14.8 Å². The Morgan fingerprint density at radius 1 is 1.35 bits per heavy atom. The SMILES string of the molecule is CCOC(=O)Cc1csc(NC(=O)CCCOc2ccc(Cl)cc2C)n1. The second-order valence-corrected chi connectivity index (χ2v) is 6.83. The van der Waals surface area contributed by atoms with Gasteiger partial charge in [0.1, 0.15) is 5.75 Å². The molecule has 0 aliphatic rings. The van der Waals surface area contributed by atoms with E-state index in [0.717, 1.165) is 11.3 Å². The molecule has 0 aliphatic carbocycles.